The average Bonchev–Trinajstić information content (AvgIpc) is 1.62. The molecule has 0 aliphatic carbocycles. The molecular formula is C3H8FNO3S. The Morgan fingerprint density at radius 2 is 2.11 bits per heavy atom. The van der Waals surface area contributed by atoms with Gasteiger partial charge in [-0.1, -0.05) is 0 Å². The van der Waals surface area contributed by atoms with Gasteiger partial charge in [0.1, 0.15) is 11.9 Å². The molecule has 4 nitrogen and oxygen atoms in total. The third-order valence-electron chi connectivity index (χ3n) is 0.647. The largest absolute Gasteiger partial charge is 0.328 e. The first kappa shape index (κ1) is 8.80. The van der Waals surface area contributed by atoms with Crippen LogP contribution in [-0.2, 0) is 10.1 Å². The number of hydrogen-bond donors (Lipinski definition) is 2. The van der Waals surface area contributed by atoms with Crippen LogP contribution in [0.2, 0.25) is 0 Å². The summed E-state index contributed by atoms with van der Waals surface area (Å²) in [6, 6.07) is 0. The fourth-order valence-electron chi connectivity index (χ4n) is 0.297. The van der Waals surface area contributed by atoms with Crippen LogP contribution >= 0.6 is 0 Å². The van der Waals surface area contributed by atoms with E-state index in [0.29, 0.717) is 0 Å². The van der Waals surface area contributed by atoms with Crippen molar-refractivity contribution in [2.24, 2.45) is 5.73 Å². The summed E-state index contributed by atoms with van der Waals surface area (Å²) >= 11 is 0. The Labute approximate surface area is 52.6 Å². The zero-order valence-corrected chi connectivity index (χ0v) is 5.44. The maximum absolute atomic E-state index is 12.0. The van der Waals surface area contributed by atoms with Gasteiger partial charge in [-0.2, -0.15) is 8.42 Å². The lowest BCUT2D eigenvalue weighted by Gasteiger charge is -1.99. The van der Waals surface area contributed by atoms with Crippen molar-refractivity contribution in [3.8, 4) is 0 Å². The standard InChI is InChI=1S/C3H8FNO3S/c4-3(1-5)2-9(6,7)8/h3H,1-2,5H2,(H,6,7,8)/t3-/m1/s1. The van der Waals surface area contributed by atoms with E-state index in [9.17, 15) is 12.8 Å². The zero-order chi connectivity index (χ0) is 7.49. The van der Waals surface area contributed by atoms with Gasteiger partial charge in [0.25, 0.3) is 10.1 Å². The van der Waals surface area contributed by atoms with Crippen molar-refractivity contribution in [3.63, 3.8) is 0 Å². The zero-order valence-electron chi connectivity index (χ0n) is 4.62. The molecule has 0 bridgehead atoms. The van der Waals surface area contributed by atoms with Gasteiger partial charge in [-0.25, -0.2) is 4.39 Å². The fraction of sp³-hybridized carbons (Fsp3) is 1.00. The second-order valence-electron chi connectivity index (χ2n) is 1.58. The first-order valence-corrected chi connectivity index (χ1v) is 3.86. The van der Waals surface area contributed by atoms with E-state index in [1.807, 2.05) is 0 Å². The van der Waals surface area contributed by atoms with Crippen LogP contribution in [0.15, 0.2) is 0 Å². The van der Waals surface area contributed by atoms with Gasteiger partial charge in [-0.3, -0.25) is 4.55 Å². The molecule has 0 spiro atoms. The first-order chi connectivity index (χ1) is 3.95. The quantitative estimate of drug-likeness (QED) is 0.524. The van der Waals surface area contributed by atoms with Gasteiger partial charge < -0.3 is 5.73 Å². The third kappa shape index (κ3) is 5.67. The van der Waals surface area contributed by atoms with Crippen molar-refractivity contribution < 1.29 is 17.4 Å². The molecule has 9 heavy (non-hydrogen) atoms. The van der Waals surface area contributed by atoms with Crippen molar-refractivity contribution in [1.29, 1.82) is 0 Å². The summed E-state index contributed by atoms with van der Waals surface area (Å²) in [6.07, 6.45) is -1.67. The van der Waals surface area contributed by atoms with Crippen LogP contribution in [0.5, 0.6) is 0 Å². The predicted molar refractivity (Wildman–Crippen MR) is 30.4 cm³/mol. The van der Waals surface area contributed by atoms with Crippen molar-refractivity contribution >= 4 is 10.1 Å². The Morgan fingerprint density at radius 3 is 2.22 bits per heavy atom. The lowest BCUT2D eigenvalue weighted by atomic mass is 10.5. The summed E-state index contributed by atoms with van der Waals surface area (Å²) in [6.45, 7) is -0.389. The second kappa shape index (κ2) is 3.09. The minimum absolute atomic E-state index is 0.389. The molecule has 0 aromatic rings. The smallest absolute Gasteiger partial charge is 0.267 e. The minimum atomic E-state index is -4.19. The van der Waals surface area contributed by atoms with Crippen molar-refractivity contribution in [2.45, 2.75) is 6.17 Å². The van der Waals surface area contributed by atoms with Crippen LogP contribution in [-0.4, -0.2) is 31.4 Å². The molecule has 56 valence electrons. The Bertz CT molecular complexity index is 166. The van der Waals surface area contributed by atoms with E-state index in [0.717, 1.165) is 0 Å². The van der Waals surface area contributed by atoms with Gasteiger partial charge >= 0.3 is 0 Å². The molecule has 0 amide bonds. The number of hydrogen-bond acceptors (Lipinski definition) is 3. The molecule has 0 aromatic carbocycles. The van der Waals surface area contributed by atoms with Gasteiger partial charge in [0, 0.05) is 6.54 Å². The lowest BCUT2D eigenvalue weighted by Crippen LogP contribution is -2.24. The van der Waals surface area contributed by atoms with Crippen molar-refractivity contribution in [1.82, 2.24) is 0 Å². The van der Waals surface area contributed by atoms with E-state index in [2.05, 4.69) is 0 Å². The van der Waals surface area contributed by atoms with Crippen LogP contribution in [0.4, 0.5) is 4.39 Å². The molecule has 1 atom stereocenters. The molecule has 0 aliphatic heterocycles. The number of rotatable bonds is 3. The monoisotopic (exact) mass is 157 g/mol. The summed E-state index contributed by atoms with van der Waals surface area (Å²) in [5.41, 5.74) is 4.73. The van der Waals surface area contributed by atoms with E-state index in [4.69, 9.17) is 10.3 Å². The molecule has 0 aromatic heterocycles. The van der Waals surface area contributed by atoms with Crippen LogP contribution in [0.1, 0.15) is 0 Å². The van der Waals surface area contributed by atoms with E-state index in [1.165, 1.54) is 0 Å². The van der Waals surface area contributed by atoms with Crippen LogP contribution in [0.3, 0.4) is 0 Å². The normalized spacial score (nSPS) is 15.4. The highest BCUT2D eigenvalue weighted by Gasteiger charge is 2.13. The molecule has 0 saturated heterocycles. The van der Waals surface area contributed by atoms with Crippen molar-refractivity contribution in [3.05, 3.63) is 0 Å². The Kier molecular flexibility index (Phi) is 3.02. The van der Waals surface area contributed by atoms with Gasteiger partial charge in [0.2, 0.25) is 0 Å². The molecule has 0 saturated carbocycles. The highest BCUT2D eigenvalue weighted by Crippen LogP contribution is 1.92. The summed E-state index contributed by atoms with van der Waals surface area (Å²) in [7, 11) is -4.19. The highest BCUT2D eigenvalue weighted by molar-refractivity contribution is 7.85. The summed E-state index contributed by atoms with van der Waals surface area (Å²) in [5.74, 6) is -0.913. The van der Waals surface area contributed by atoms with E-state index < -0.39 is 22.0 Å². The maximum atomic E-state index is 12.0. The topological polar surface area (TPSA) is 80.4 Å². The molecule has 0 unspecified atom stereocenters. The Hall–Kier alpha value is -0.200. The molecule has 0 radical (unpaired) electrons. The highest BCUT2D eigenvalue weighted by atomic mass is 32.2. The van der Waals surface area contributed by atoms with Crippen molar-refractivity contribution in [2.75, 3.05) is 12.3 Å². The molecular weight excluding hydrogens is 149 g/mol. The molecule has 0 fully saturated rings. The number of halogens is 1. The van der Waals surface area contributed by atoms with Crippen LogP contribution in [0, 0.1) is 0 Å². The van der Waals surface area contributed by atoms with E-state index in [-0.39, 0.29) is 6.54 Å². The number of alkyl halides is 1. The van der Waals surface area contributed by atoms with Gasteiger partial charge in [-0.05, 0) is 0 Å². The van der Waals surface area contributed by atoms with E-state index in [1.54, 1.807) is 0 Å². The van der Waals surface area contributed by atoms with Crippen LogP contribution in [0.25, 0.3) is 0 Å². The average molecular weight is 157 g/mol. The summed E-state index contributed by atoms with van der Waals surface area (Å²) in [4.78, 5) is 0. The number of nitrogens with two attached hydrogens (primary N) is 1. The minimum Gasteiger partial charge on any atom is -0.328 e. The third-order valence-corrected chi connectivity index (χ3v) is 1.43. The van der Waals surface area contributed by atoms with E-state index >= 15 is 0 Å². The Balaban J connectivity index is 3.75. The molecule has 0 heterocycles. The molecule has 6 heteroatoms. The fourth-order valence-corrected chi connectivity index (χ4v) is 0.890. The SMILES string of the molecule is NC[C@@H](F)CS(=O)(=O)O. The predicted octanol–water partition coefficient (Wildman–Crippen LogP) is -0.829. The van der Waals surface area contributed by atoms with Gasteiger partial charge in [-0.15, -0.1) is 0 Å². The molecule has 3 N–H and O–H groups in total. The lowest BCUT2D eigenvalue weighted by molar-refractivity contribution is 0.360. The Morgan fingerprint density at radius 1 is 1.67 bits per heavy atom. The summed E-state index contributed by atoms with van der Waals surface area (Å²) < 4.78 is 39.7. The van der Waals surface area contributed by atoms with Crippen LogP contribution < -0.4 is 5.73 Å². The first-order valence-electron chi connectivity index (χ1n) is 2.25. The molecule has 0 rings (SSSR count). The maximum Gasteiger partial charge on any atom is 0.267 e. The molecule has 0 aliphatic rings. The van der Waals surface area contributed by atoms with Gasteiger partial charge in [0.05, 0.1) is 0 Å². The summed E-state index contributed by atoms with van der Waals surface area (Å²) in [5, 5.41) is 0. The van der Waals surface area contributed by atoms with Gasteiger partial charge in [0.15, 0.2) is 0 Å². The second-order valence-corrected chi connectivity index (χ2v) is 3.08.